The lowest BCUT2D eigenvalue weighted by Gasteiger charge is -2.24. The summed E-state index contributed by atoms with van der Waals surface area (Å²) in [6.45, 7) is -1.68. The van der Waals surface area contributed by atoms with Crippen LogP contribution in [-0.4, -0.2) is 102 Å². The second kappa shape index (κ2) is 14.1. The maximum Gasteiger partial charge on any atom is 0.255 e. The highest BCUT2D eigenvalue weighted by atomic mass is 127. The molecule has 1 rings (SSSR count). The standard InChI is InChI=1S/C18H24I3N3O8/c1-24(4-9(28)6-26)18(31)12-13(19)11(17(30)22-3-8(27)5-25)14(20)16(15(12)21)23-10(29)7-32-2/h8-9,25-28H,3-7H2,1-2H3,(H,22,30)(H,23,29)/t8-,9-/m0/s1. The van der Waals surface area contributed by atoms with Crippen LogP contribution in [0.25, 0.3) is 0 Å². The van der Waals surface area contributed by atoms with Gasteiger partial charge in [0.25, 0.3) is 11.8 Å². The topological polar surface area (TPSA) is 169 Å². The summed E-state index contributed by atoms with van der Waals surface area (Å²) in [4.78, 5) is 39.5. The molecule has 0 unspecified atom stereocenters. The Hall–Kier alpha value is -0.380. The van der Waals surface area contributed by atoms with Crippen LogP contribution in [0.15, 0.2) is 0 Å². The number of carbonyl (C=O) groups excluding carboxylic acids is 3. The summed E-state index contributed by atoms with van der Waals surface area (Å²) in [5.74, 6) is -1.64. The van der Waals surface area contributed by atoms with E-state index in [9.17, 15) is 24.6 Å². The van der Waals surface area contributed by atoms with Gasteiger partial charge in [0.2, 0.25) is 5.91 Å². The Balaban J connectivity index is 3.57. The first-order chi connectivity index (χ1) is 15.0. The minimum atomic E-state index is -1.16. The molecule has 0 saturated carbocycles. The Morgan fingerprint density at radius 2 is 1.56 bits per heavy atom. The molecular formula is C18H24I3N3O8. The Kier molecular flexibility index (Phi) is 13.1. The van der Waals surface area contributed by atoms with E-state index < -0.39 is 43.1 Å². The number of ether oxygens (including phenoxy) is 1. The van der Waals surface area contributed by atoms with Crippen molar-refractivity contribution in [3.8, 4) is 0 Å². The number of aliphatic hydroxyl groups is 4. The highest BCUT2D eigenvalue weighted by Crippen LogP contribution is 2.36. The summed E-state index contributed by atoms with van der Waals surface area (Å²) in [7, 11) is 2.79. The fourth-order valence-electron chi connectivity index (χ4n) is 2.48. The van der Waals surface area contributed by atoms with Crippen molar-refractivity contribution in [3.05, 3.63) is 21.8 Å². The summed E-state index contributed by atoms with van der Waals surface area (Å²) in [6.07, 6.45) is -2.31. The summed E-state index contributed by atoms with van der Waals surface area (Å²) in [6, 6.07) is 0. The molecule has 0 aliphatic rings. The molecule has 1 aromatic rings. The van der Waals surface area contributed by atoms with E-state index in [2.05, 4.69) is 10.6 Å². The van der Waals surface area contributed by atoms with Gasteiger partial charge in [0.15, 0.2) is 0 Å². The van der Waals surface area contributed by atoms with Crippen molar-refractivity contribution in [1.82, 2.24) is 10.2 Å². The van der Waals surface area contributed by atoms with Gasteiger partial charge >= 0.3 is 0 Å². The van der Waals surface area contributed by atoms with Crippen molar-refractivity contribution in [2.75, 3.05) is 52.4 Å². The molecule has 0 bridgehead atoms. The first-order valence-electron chi connectivity index (χ1n) is 9.10. The fraction of sp³-hybridized carbons (Fsp3) is 0.500. The van der Waals surface area contributed by atoms with Crippen molar-refractivity contribution < 1.29 is 39.5 Å². The normalized spacial score (nSPS) is 12.8. The van der Waals surface area contributed by atoms with E-state index in [1.807, 2.05) is 67.8 Å². The highest BCUT2D eigenvalue weighted by Gasteiger charge is 2.30. The molecule has 1 aromatic carbocycles. The lowest BCUT2D eigenvalue weighted by molar-refractivity contribution is -0.119. The zero-order valence-corrected chi connectivity index (χ0v) is 23.7. The molecule has 0 spiro atoms. The molecule has 0 fully saturated rings. The average molecular weight is 791 g/mol. The predicted octanol–water partition coefficient (Wildman–Crippen LogP) is -0.407. The van der Waals surface area contributed by atoms with Crippen LogP contribution in [0.1, 0.15) is 20.7 Å². The highest BCUT2D eigenvalue weighted by molar-refractivity contribution is 14.1. The molecule has 11 nitrogen and oxygen atoms in total. The summed E-state index contributed by atoms with van der Waals surface area (Å²) >= 11 is 5.63. The SMILES string of the molecule is COCC(=O)Nc1c(I)c(C(=O)NC[C@H](O)CO)c(I)c(C(=O)N(C)C[C@H](O)CO)c1I. The third kappa shape index (κ3) is 7.84. The van der Waals surface area contributed by atoms with Crippen LogP contribution in [0.4, 0.5) is 5.69 Å². The molecule has 0 aliphatic carbocycles. The number of nitrogens with zero attached hydrogens (tertiary/aromatic N) is 1. The second-order valence-electron chi connectivity index (χ2n) is 6.62. The summed E-state index contributed by atoms with van der Waals surface area (Å²) < 4.78 is 5.87. The van der Waals surface area contributed by atoms with E-state index in [0.717, 1.165) is 0 Å². The zero-order valence-electron chi connectivity index (χ0n) is 17.2. The Morgan fingerprint density at radius 1 is 1.00 bits per heavy atom. The van der Waals surface area contributed by atoms with Crippen LogP contribution in [0, 0.1) is 10.7 Å². The first kappa shape index (κ1) is 29.7. The van der Waals surface area contributed by atoms with Gasteiger partial charge in [-0.05, 0) is 67.8 Å². The Labute approximate surface area is 225 Å². The fourth-order valence-corrected chi connectivity index (χ4v) is 6.87. The predicted molar refractivity (Wildman–Crippen MR) is 141 cm³/mol. The zero-order chi connectivity index (χ0) is 24.6. The number of methoxy groups -OCH3 is 1. The van der Waals surface area contributed by atoms with Crippen LogP contribution in [-0.2, 0) is 9.53 Å². The van der Waals surface area contributed by atoms with Crippen molar-refractivity contribution >= 4 is 91.2 Å². The van der Waals surface area contributed by atoms with Crippen LogP contribution < -0.4 is 10.6 Å². The number of benzene rings is 1. The van der Waals surface area contributed by atoms with Gasteiger partial charge in [0.05, 0.1) is 49.4 Å². The lowest BCUT2D eigenvalue weighted by Crippen LogP contribution is -2.38. The third-order valence-corrected chi connectivity index (χ3v) is 7.29. The monoisotopic (exact) mass is 791 g/mol. The molecule has 14 heteroatoms. The van der Waals surface area contributed by atoms with Gasteiger partial charge in [0, 0.05) is 30.8 Å². The number of nitrogens with one attached hydrogen (secondary N) is 2. The minimum absolute atomic E-state index is 0.101. The quantitative estimate of drug-likeness (QED) is 0.165. The van der Waals surface area contributed by atoms with Gasteiger partial charge in [-0.15, -0.1) is 0 Å². The number of likely N-dealkylation sites (N-methyl/N-ethyl adjacent to an activating group) is 1. The molecule has 2 atom stereocenters. The number of halogens is 3. The summed E-state index contributed by atoms with van der Waals surface area (Å²) in [5.41, 5.74) is 0.463. The van der Waals surface area contributed by atoms with Crippen LogP contribution >= 0.6 is 67.8 Å². The van der Waals surface area contributed by atoms with Gasteiger partial charge < -0.3 is 40.7 Å². The van der Waals surface area contributed by atoms with E-state index in [1.54, 1.807) is 0 Å². The number of aliphatic hydroxyl groups excluding tert-OH is 4. The number of anilines is 1. The van der Waals surface area contributed by atoms with Crippen molar-refractivity contribution in [3.63, 3.8) is 0 Å². The van der Waals surface area contributed by atoms with Crippen molar-refractivity contribution in [1.29, 1.82) is 0 Å². The number of amides is 3. The molecule has 180 valence electrons. The van der Waals surface area contributed by atoms with E-state index in [1.165, 1.54) is 19.1 Å². The van der Waals surface area contributed by atoms with Gasteiger partial charge in [-0.3, -0.25) is 14.4 Å². The largest absolute Gasteiger partial charge is 0.394 e. The van der Waals surface area contributed by atoms with Crippen LogP contribution in [0.2, 0.25) is 0 Å². The van der Waals surface area contributed by atoms with Gasteiger partial charge in [0.1, 0.15) is 6.61 Å². The maximum absolute atomic E-state index is 13.2. The van der Waals surface area contributed by atoms with Crippen molar-refractivity contribution in [2.24, 2.45) is 0 Å². The molecule has 0 aromatic heterocycles. The lowest BCUT2D eigenvalue weighted by atomic mass is 10.1. The second-order valence-corrected chi connectivity index (χ2v) is 9.85. The van der Waals surface area contributed by atoms with Crippen LogP contribution in [0.5, 0.6) is 0 Å². The summed E-state index contributed by atoms with van der Waals surface area (Å²) in [5, 5.41) is 42.4. The van der Waals surface area contributed by atoms with Gasteiger partial charge in [-0.1, -0.05) is 0 Å². The van der Waals surface area contributed by atoms with E-state index >= 15 is 0 Å². The number of hydrogen-bond acceptors (Lipinski definition) is 8. The number of hydrogen-bond donors (Lipinski definition) is 6. The molecule has 0 heterocycles. The molecule has 3 amide bonds. The smallest absolute Gasteiger partial charge is 0.255 e. The van der Waals surface area contributed by atoms with E-state index in [0.29, 0.717) is 10.7 Å². The first-order valence-corrected chi connectivity index (χ1v) is 12.3. The van der Waals surface area contributed by atoms with E-state index in [-0.39, 0.29) is 36.5 Å². The van der Waals surface area contributed by atoms with E-state index in [4.69, 9.17) is 14.9 Å². The Morgan fingerprint density at radius 3 is 2.09 bits per heavy atom. The molecular weight excluding hydrogens is 767 g/mol. The maximum atomic E-state index is 13.2. The number of carbonyl (C=O) groups is 3. The molecule has 32 heavy (non-hydrogen) atoms. The average Bonchev–Trinajstić information content (AvgIpc) is 2.74. The van der Waals surface area contributed by atoms with Gasteiger partial charge in [-0.25, -0.2) is 0 Å². The molecule has 0 saturated heterocycles. The van der Waals surface area contributed by atoms with Crippen LogP contribution in [0.3, 0.4) is 0 Å². The third-order valence-electron chi connectivity index (χ3n) is 4.05. The van der Waals surface area contributed by atoms with Crippen molar-refractivity contribution in [2.45, 2.75) is 12.2 Å². The Bertz CT molecular complexity index is 855. The minimum Gasteiger partial charge on any atom is -0.394 e. The van der Waals surface area contributed by atoms with Gasteiger partial charge in [-0.2, -0.15) is 0 Å². The molecule has 6 N–H and O–H groups in total. The molecule has 0 radical (unpaired) electrons. The molecule has 0 aliphatic heterocycles. The number of rotatable bonds is 11.